The fourth-order valence-electron chi connectivity index (χ4n) is 2.70. The first-order valence-corrected chi connectivity index (χ1v) is 8.51. The molecule has 0 spiro atoms. The number of amides is 1. The summed E-state index contributed by atoms with van der Waals surface area (Å²) < 4.78 is 5.58. The fraction of sp³-hybridized carbons (Fsp3) is 0.150. The first-order valence-electron chi connectivity index (χ1n) is 8.13. The smallest absolute Gasteiger partial charge is 0.282 e. The number of furan rings is 1. The van der Waals surface area contributed by atoms with Gasteiger partial charge in [0.25, 0.3) is 5.91 Å². The summed E-state index contributed by atoms with van der Waals surface area (Å²) in [7, 11) is 0. The van der Waals surface area contributed by atoms with E-state index in [1.807, 2.05) is 66.8 Å². The highest BCUT2D eigenvalue weighted by Crippen LogP contribution is 2.19. The van der Waals surface area contributed by atoms with Gasteiger partial charge in [-0.3, -0.25) is 4.79 Å². The van der Waals surface area contributed by atoms with E-state index in [1.165, 1.54) is 0 Å². The van der Waals surface area contributed by atoms with Crippen molar-refractivity contribution in [2.75, 3.05) is 5.32 Å². The van der Waals surface area contributed by atoms with Gasteiger partial charge in [-0.25, -0.2) is 0 Å². The molecule has 3 rings (SSSR count). The molecule has 2 atom stereocenters. The molecule has 0 aliphatic heterocycles. The molecule has 0 aliphatic carbocycles. The van der Waals surface area contributed by atoms with Gasteiger partial charge in [0.1, 0.15) is 0 Å². The Kier molecular flexibility index (Phi) is 5.53. The highest BCUT2D eigenvalue weighted by Gasteiger charge is 2.26. The largest absolute Gasteiger partial charge is 0.463 e. The monoisotopic (exact) mass is 355 g/mol. The van der Waals surface area contributed by atoms with Crippen LogP contribution in [0.2, 0.25) is 5.02 Å². The Morgan fingerprint density at radius 3 is 2.56 bits per heavy atom. The Bertz CT molecular complexity index is 819. The standard InChI is InChI=1S/C20H19ClN2O2/c1-14(20(24)23-17-10-5-9-16(21)13-17)22-19(18-11-6-12-25-18)15-7-3-2-4-8-15/h2-14,19,22H,1H3,(H,23,24)/p+1/t14-,19-/m1/s1. The summed E-state index contributed by atoms with van der Waals surface area (Å²) in [5, 5.41) is 5.48. The third-order valence-corrected chi connectivity index (χ3v) is 4.23. The van der Waals surface area contributed by atoms with Crippen molar-refractivity contribution in [2.45, 2.75) is 19.0 Å². The molecule has 5 heteroatoms. The summed E-state index contributed by atoms with van der Waals surface area (Å²) in [6, 6.07) is 20.5. The normalized spacial score (nSPS) is 13.2. The number of nitrogens with one attached hydrogen (secondary N) is 1. The van der Waals surface area contributed by atoms with Crippen LogP contribution < -0.4 is 10.6 Å². The van der Waals surface area contributed by atoms with Gasteiger partial charge in [0, 0.05) is 16.3 Å². The van der Waals surface area contributed by atoms with Gasteiger partial charge >= 0.3 is 0 Å². The molecule has 4 nitrogen and oxygen atoms in total. The van der Waals surface area contributed by atoms with Gasteiger partial charge < -0.3 is 15.1 Å². The lowest BCUT2D eigenvalue weighted by molar-refractivity contribution is -0.706. The summed E-state index contributed by atoms with van der Waals surface area (Å²) in [6.07, 6.45) is 1.65. The molecule has 3 aromatic rings. The topological polar surface area (TPSA) is 58.9 Å². The Labute approximate surface area is 151 Å². The van der Waals surface area contributed by atoms with E-state index in [2.05, 4.69) is 5.32 Å². The predicted octanol–water partition coefficient (Wildman–Crippen LogP) is 3.61. The molecule has 0 unspecified atom stereocenters. The van der Waals surface area contributed by atoms with Crippen molar-refractivity contribution < 1.29 is 14.5 Å². The summed E-state index contributed by atoms with van der Waals surface area (Å²) in [5.74, 6) is 0.725. The van der Waals surface area contributed by atoms with E-state index >= 15 is 0 Å². The van der Waals surface area contributed by atoms with Crippen molar-refractivity contribution in [1.29, 1.82) is 0 Å². The molecule has 1 aromatic heterocycles. The number of anilines is 1. The number of rotatable bonds is 6. The van der Waals surface area contributed by atoms with Crippen LogP contribution in [0.5, 0.6) is 0 Å². The van der Waals surface area contributed by atoms with Gasteiger partial charge in [-0.15, -0.1) is 0 Å². The van der Waals surface area contributed by atoms with Gasteiger partial charge in [0.05, 0.1) is 6.26 Å². The van der Waals surface area contributed by atoms with E-state index in [-0.39, 0.29) is 18.0 Å². The van der Waals surface area contributed by atoms with Crippen LogP contribution in [0.1, 0.15) is 24.3 Å². The van der Waals surface area contributed by atoms with E-state index in [4.69, 9.17) is 16.0 Å². The Hall–Kier alpha value is -2.56. The fourth-order valence-corrected chi connectivity index (χ4v) is 2.89. The maximum atomic E-state index is 12.5. The zero-order chi connectivity index (χ0) is 17.6. The van der Waals surface area contributed by atoms with Gasteiger partial charge in [-0.2, -0.15) is 0 Å². The van der Waals surface area contributed by atoms with Crippen LogP contribution >= 0.6 is 11.6 Å². The van der Waals surface area contributed by atoms with Crippen molar-refractivity contribution in [2.24, 2.45) is 0 Å². The molecule has 0 saturated heterocycles. The lowest BCUT2D eigenvalue weighted by atomic mass is 10.0. The van der Waals surface area contributed by atoms with E-state index < -0.39 is 0 Å². The predicted molar refractivity (Wildman–Crippen MR) is 98.5 cm³/mol. The summed E-state index contributed by atoms with van der Waals surface area (Å²) in [6.45, 7) is 1.87. The van der Waals surface area contributed by atoms with Crippen LogP contribution in [0.4, 0.5) is 5.69 Å². The van der Waals surface area contributed by atoms with E-state index in [9.17, 15) is 4.79 Å². The number of benzene rings is 2. The molecular weight excluding hydrogens is 336 g/mol. The number of quaternary nitrogens is 1. The lowest BCUT2D eigenvalue weighted by Gasteiger charge is -2.18. The van der Waals surface area contributed by atoms with Crippen LogP contribution in [0.15, 0.2) is 77.4 Å². The number of hydrogen-bond acceptors (Lipinski definition) is 2. The third-order valence-electron chi connectivity index (χ3n) is 4.00. The average Bonchev–Trinajstić information content (AvgIpc) is 3.14. The number of carbonyl (C=O) groups excluding carboxylic acids is 1. The minimum Gasteiger partial charge on any atom is -0.463 e. The summed E-state index contributed by atoms with van der Waals surface area (Å²) in [5.41, 5.74) is 1.77. The van der Waals surface area contributed by atoms with E-state index in [0.717, 1.165) is 11.3 Å². The molecule has 0 saturated carbocycles. The van der Waals surface area contributed by atoms with Crippen molar-refractivity contribution in [3.8, 4) is 0 Å². The van der Waals surface area contributed by atoms with E-state index in [1.54, 1.807) is 18.4 Å². The van der Waals surface area contributed by atoms with Gasteiger partial charge in [0.15, 0.2) is 17.8 Å². The Morgan fingerprint density at radius 1 is 1.08 bits per heavy atom. The molecule has 1 heterocycles. The van der Waals surface area contributed by atoms with E-state index in [0.29, 0.717) is 10.7 Å². The van der Waals surface area contributed by atoms with Crippen LogP contribution in [0.25, 0.3) is 0 Å². The second-order valence-corrected chi connectivity index (χ2v) is 6.32. The lowest BCUT2D eigenvalue weighted by Crippen LogP contribution is -2.92. The Balaban J connectivity index is 1.74. The highest BCUT2D eigenvalue weighted by molar-refractivity contribution is 6.30. The van der Waals surface area contributed by atoms with Crippen molar-refractivity contribution in [3.63, 3.8) is 0 Å². The molecule has 0 bridgehead atoms. The maximum absolute atomic E-state index is 12.5. The first-order chi connectivity index (χ1) is 12.1. The second kappa shape index (κ2) is 8.01. The molecule has 3 N–H and O–H groups in total. The molecular formula is C20H20ClN2O2+. The van der Waals surface area contributed by atoms with Gasteiger partial charge in [-0.1, -0.05) is 48.0 Å². The van der Waals surface area contributed by atoms with Crippen LogP contribution in [0.3, 0.4) is 0 Å². The van der Waals surface area contributed by atoms with Crippen molar-refractivity contribution >= 4 is 23.2 Å². The van der Waals surface area contributed by atoms with Gasteiger partial charge in [-0.05, 0) is 37.3 Å². The van der Waals surface area contributed by atoms with Crippen molar-refractivity contribution in [3.05, 3.63) is 89.3 Å². The zero-order valence-corrected chi connectivity index (χ0v) is 14.6. The number of carbonyl (C=O) groups is 1. The second-order valence-electron chi connectivity index (χ2n) is 5.88. The molecule has 0 radical (unpaired) electrons. The molecule has 0 aliphatic rings. The molecule has 0 fully saturated rings. The van der Waals surface area contributed by atoms with Crippen LogP contribution in [-0.4, -0.2) is 11.9 Å². The number of hydrogen-bond donors (Lipinski definition) is 2. The van der Waals surface area contributed by atoms with Gasteiger partial charge in [0.2, 0.25) is 0 Å². The molecule has 1 amide bonds. The molecule has 128 valence electrons. The summed E-state index contributed by atoms with van der Waals surface area (Å²) in [4.78, 5) is 12.5. The van der Waals surface area contributed by atoms with Crippen molar-refractivity contribution in [1.82, 2.24) is 0 Å². The quantitative estimate of drug-likeness (QED) is 0.709. The Morgan fingerprint density at radius 2 is 1.88 bits per heavy atom. The highest BCUT2D eigenvalue weighted by atomic mass is 35.5. The zero-order valence-electron chi connectivity index (χ0n) is 13.9. The molecule has 25 heavy (non-hydrogen) atoms. The third kappa shape index (κ3) is 4.50. The van der Waals surface area contributed by atoms with Crippen LogP contribution in [0, 0.1) is 0 Å². The average molecular weight is 356 g/mol. The summed E-state index contributed by atoms with van der Waals surface area (Å²) >= 11 is 5.97. The minimum absolute atomic E-state index is 0.0867. The van der Waals surface area contributed by atoms with Crippen LogP contribution in [-0.2, 0) is 4.79 Å². The maximum Gasteiger partial charge on any atom is 0.282 e. The first kappa shape index (κ1) is 17.3. The number of nitrogens with two attached hydrogens (primary N) is 1. The SMILES string of the molecule is C[C@@H]([NH2+][C@H](c1ccccc1)c1ccco1)C(=O)Nc1cccc(Cl)c1. The number of halogens is 1. The minimum atomic E-state index is -0.311. The molecule has 2 aromatic carbocycles.